The zero-order valence-corrected chi connectivity index (χ0v) is 13.9. The molecule has 0 spiro atoms. The average molecular weight is 342 g/mol. The summed E-state index contributed by atoms with van der Waals surface area (Å²) in [4.78, 5) is 35.8. The molecule has 0 bridgehead atoms. The minimum Gasteiger partial charge on any atom is -0.488 e. The summed E-state index contributed by atoms with van der Waals surface area (Å²) in [6.45, 7) is 3.04. The first kappa shape index (κ1) is 18.2. The monoisotopic (exact) mass is 342 g/mol. The Morgan fingerprint density at radius 3 is 2.24 bits per heavy atom. The lowest BCUT2D eigenvalue weighted by Gasteiger charge is -2.15. The van der Waals surface area contributed by atoms with Gasteiger partial charge in [-0.3, -0.25) is 4.79 Å². The molecule has 0 heterocycles. The normalized spacial score (nSPS) is 10.2. The Balaban J connectivity index is 2.49. The molecule has 6 nitrogen and oxygen atoms in total. The van der Waals surface area contributed by atoms with E-state index in [0.29, 0.717) is 0 Å². The van der Waals surface area contributed by atoms with Crippen molar-refractivity contribution in [2.24, 2.45) is 0 Å². The van der Waals surface area contributed by atoms with Crippen LogP contribution in [0.25, 0.3) is 0 Å². The number of aromatic carboxylic acids is 1. The number of carbonyl (C=O) groups excluding carboxylic acids is 2. The maximum absolute atomic E-state index is 12.2. The summed E-state index contributed by atoms with van der Waals surface area (Å²) < 4.78 is 10.5. The topological polar surface area (TPSA) is 89.9 Å². The average Bonchev–Trinajstić information content (AvgIpc) is 2.59. The molecule has 0 amide bonds. The second-order valence-electron chi connectivity index (χ2n) is 5.22. The Hall–Kier alpha value is -3.15. The molecule has 1 N–H and O–H groups in total. The molecular weight excluding hydrogens is 324 g/mol. The zero-order chi connectivity index (χ0) is 18.4. The molecule has 130 valence electrons. The number of carbonyl (C=O) groups is 3. The second kappa shape index (κ2) is 8.10. The molecule has 0 aliphatic heterocycles. The standard InChI is InChI=1S/C19H18O6/c1-3-24-19(23)16-14(12(2)20)9-10-15(17(16)18(21)22)25-11-13-7-5-4-6-8-13/h4-10H,3,11H2,1-2H3,(H,21,22). The van der Waals surface area contributed by atoms with Gasteiger partial charge in [0.2, 0.25) is 0 Å². The van der Waals surface area contributed by atoms with Crippen molar-refractivity contribution >= 4 is 17.7 Å². The highest BCUT2D eigenvalue weighted by Crippen LogP contribution is 2.28. The highest BCUT2D eigenvalue weighted by Gasteiger charge is 2.28. The van der Waals surface area contributed by atoms with Gasteiger partial charge in [0.1, 0.15) is 17.9 Å². The molecule has 2 rings (SSSR count). The molecule has 2 aromatic rings. The Labute approximate surface area is 145 Å². The minimum absolute atomic E-state index is 0.00408. The summed E-state index contributed by atoms with van der Waals surface area (Å²) in [6.07, 6.45) is 0. The number of rotatable bonds is 7. The third-order valence-corrected chi connectivity index (χ3v) is 3.48. The third-order valence-electron chi connectivity index (χ3n) is 3.48. The summed E-state index contributed by atoms with van der Waals surface area (Å²) in [5.41, 5.74) is 0.171. The second-order valence-corrected chi connectivity index (χ2v) is 5.22. The Morgan fingerprint density at radius 1 is 1.00 bits per heavy atom. The van der Waals surface area contributed by atoms with Crippen LogP contribution >= 0.6 is 0 Å². The lowest BCUT2D eigenvalue weighted by Crippen LogP contribution is -2.18. The van der Waals surface area contributed by atoms with Crippen LogP contribution in [-0.4, -0.2) is 29.4 Å². The third kappa shape index (κ3) is 4.23. The van der Waals surface area contributed by atoms with Crippen molar-refractivity contribution in [1.29, 1.82) is 0 Å². The number of esters is 1. The number of carboxylic acid groups (broad SMARTS) is 1. The first-order valence-electron chi connectivity index (χ1n) is 7.70. The van der Waals surface area contributed by atoms with Crippen LogP contribution in [0.15, 0.2) is 42.5 Å². The van der Waals surface area contributed by atoms with Gasteiger partial charge in [-0.1, -0.05) is 30.3 Å². The molecule has 6 heteroatoms. The van der Waals surface area contributed by atoms with Crippen LogP contribution in [0.1, 0.15) is 50.5 Å². The number of benzene rings is 2. The van der Waals surface area contributed by atoms with Crippen molar-refractivity contribution in [2.75, 3.05) is 6.61 Å². The van der Waals surface area contributed by atoms with E-state index in [9.17, 15) is 19.5 Å². The fourth-order valence-corrected chi connectivity index (χ4v) is 2.36. The van der Waals surface area contributed by atoms with Crippen LogP contribution in [0, 0.1) is 0 Å². The number of ether oxygens (including phenoxy) is 2. The van der Waals surface area contributed by atoms with Crippen LogP contribution < -0.4 is 4.74 Å². The van der Waals surface area contributed by atoms with Crippen molar-refractivity contribution in [3.8, 4) is 5.75 Å². The van der Waals surface area contributed by atoms with Gasteiger partial charge in [-0.2, -0.15) is 0 Å². The molecule has 0 aromatic heterocycles. The molecule has 0 aliphatic carbocycles. The van der Waals surface area contributed by atoms with Gasteiger partial charge in [-0.15, -0.1) is 0 Å². The predicted molar refractivity (Wildman–Crippen MR) is 90.1 cm³/mol. The van der Waals surface area contributed by atoms with Gasteiger partial charge in [0.05, 0.1) is 12.2 Å². The van der Waals surface area contributed by atoms with Crippen molar-refractivity contribution in [2.45, 2.75) is 20.5 Å². The molecule has 25 heavy (non-hydrogen) atoms. The molecule has 0 radical (unpaired) electrons. The number of hydrogen-bond donors (Lipinski definition) is 1. The van der Waals surface area contributed by atoms with Crippen LogP contribution in [0.4, 0.5) is 0 Å². The number of carboxylic acids is 1. The maximum atomic E-state index is 12.2. The Morgan fingerprint density at radius 2 is 1.68 bits per heavy atom. The molecular formula is C19H18O6. The van der Waals surface area contributed by atoms with Crippen LogP contribution in [-0.2, 0) is 11.3 Å². The van der Waals surface area contributed by atoms with E-state index in [2.05, 4.69) is 0 Å². The smallest absolute Gasteiger partial charge is 0.340 e. The van der Waals surface area contributed by atoms with Crippen molar-refractivity contribution in [3.63, 3.8) is 0 Å². The van der Waals surface area contributed by atoms with E-state index in [-0.39, 0.29) is 35.7 Å². The summed E-state index contributed by atoms with van der Waals surface area (Å²) >= 11 is 0. The summed E-state index contributed by atoms with van der Waals surface area (Å²) in [6, 6.07) is 11.9. The Bertz CT molecular complexity index is 795. The summed E-state index contributed by atoms with van der Waals surface area (Å²) in [7, 11) is 0. The highest BCUT2D eigenvalue weighted by molar-refractivity contribution is 6.12. The number of hydrogen-bond acceptors (Lipinski definition) is 5. The van der Waals surface area contributed by atoms with E-state index in [4.69, 9.17) is 9.47 Å². The predicted octanol–water partition coefficient (Wildman–Crippen LogP) is 3.34. The van der Waals surface area contributed by atoms with E-state index in [1.54, 1.807) is 6.92 Å². The van der Waals surface area contributed by atoms with Gasteiger partial charge in [-0.05, 0) is 31.5 Å². The van der Waals surface area contributed by atoms with Crippen molar-refractivity contribution in [3.05, 3.63) is 64.7 Å². The first-order chi connectivity index (χ1) is 12.0. The molecule has 0 unspecified atom stereocenters. The minimum atomic E-state index is -1.37. The van der Waals surface area contributed by atoms with Gasteiger partial charge < -0.3 is 14.6 Å². The van der Waals surface area contributed by atoms with E-state index in [1.807, 2.05) is 30.3 Å². The first-order valence-corrected chi connectivity index (χ1v) is 7.70. The number of Topliss-reactive ketones (excluding diaryl/α,β-unsaturated/α-hetero) is 1. The fourth-order valence-electron chi connectivity index (χ4n) is 2.36. The van der Waals surface area contributed by atoms with E-state index < -0.39 is 17.7 Å². The van der Waals surface area contributed by atoms with Gasteiger partial charge in [0.25, 0.3) is 0 Å². The van der Waals surface area contributed by atoms with Gasteiger partial charge in [-0.25, -0.2) is 9.59 Å². The summed E-state index contributed by atoms with van der Waals surface area (Å²) in [5, 5.41) is 9.57. The number of ketones is 1. The van der Waals surface area contributed by atoms with E-state index in [1.165, 1.54) is 19.1 Å². The van der Waals surface area contributed by atoms with Crippen LogP contribution in [0.5, 0.6) is 5.75 Å². The quantitative estimate of drug-likeness (QED) is 0.613. The lowest BCUT2D eigenvalue weighted by molar-refractivity contribution is 0.0510. The largest absolute Gasteiger partial charge is 0.488 e. The molecule has 2 aromatic carbocycles. The van der Waals surface area contributed by atoms with Crippen molar-refractivity contribution in [1.82, 2.24) is 0 Å². The molecule has 0 aliphatic rings. The SMILES string of the molecule is CCOC(=O)c1c(C(C)=O)ccc(OCc2ccccc2)c1C(=O)O. The highest BCUT2D eigenvalue weighted by atomic mass is 16.5. The molecule has 0 saturated heterocycles. The van der Waals surface area contributed by atoms with Crippen molar-refractivity contribution < 1.29 is 29.0 Å². The molecule has 0 atom stereocenters. The summed E-state index contributed by atoms with van der Waals surface area (Å²) in [5.74, 6) is -2.66. The van der Waals surface area contributed by atoms with E-state index >= 15 is 0 Å². The molecule has 0 fully saturated rings. The van der Waals surface area contributed by atoms with Crippen LogP contribution in [0.2, 0.25) is 0 Å². The van der Waals surface area contributed by atoms with Gasteiger partial charge >= 0.3 is 11.9 Å². The van der Waals surface area contributed by atoms with E-state index in [0.717, 1.165) is 5.56 Å². The van der Waals surface area contributed by atoms with Gasteiger partial charge in [0, 0.05) is 5.56 Å². The van der Waals surface area contributed by atoms with Gasteiger partial charge in [0.15, 0.2) is 5.78 Å². The maximum Gasteiger partial charge on any atom is 0.340 e. The van der Waals surface area contributed by atoms with Crippen LogP contribution in [0.3, 0.4) is 0 Å². The zero-order valence-electron chi connectivity index (χ0n) is 13.9. The lowest BCUT2D eigenvalue weighted by atomic mass is 9.97. The fraction of sp³-hybridized carbons (Fsp3) is 0.211. The molecule has 0 saturated carbocycles. The Kier molecular flexibility index (Phi) is 5.89.